The number of carbonyl (C=O) groups excluding carboxylic acids is 1. The van der Waals surface area contributed by atoms with E-state index in [0.29, 0.717) is 12.3 Å². The van der Waals surface area contributed by atoms with Crippen LogP contribution in [-0.4, -0.2) is 20.7 Å². The first kappa shape index (κ1) is 13.7. The number of fused-ring (bicyclic) bond motifs is 1. The van der Waals surface area contributed by atoms with Gasteiger partial charge in [0.1, 0.15) is 13.6 Å². The molecule has 0 radical (unpaired) electrons. The lowest BCUT2D eigenvalue weighted by molar-refractivity contribution is 0.0957. The summed E-state index contributed by atoms with van der Waals surface area (Å²) in [5.74, 6) is 2.59. The van der Waals surface area contributed by atoms with Gasteiger partial charge in [0.05, 0.1) is 12.7 Å². The highest BCUT2D eigenvalue weighted by Gasteiger charge is 2.28. The zero-order valence-electron chi connectivity index (χ0n) is 12.6. The number of benzene rings is 1. The van der Waals surface area contributed by atoms with Gasteiger partial charge in [0, 0.05) is 6.42 Å². The Bertz CT molecular complexity index is 520. The highest BCUT2D eigenvalue weighted by molar-refractivity contribution is 6.32. The summed E-state index contributed by atoms with van der Waals surface area (Å²) in [5.41, 5.74) is 3.23. The van der Waals surface area contributed by atoms with Crippen LogP contribution in [0.5, 0.6) is 5.75 Å². The molecule has 20 heavy (non-hydrogen) atoms. The fourth-order valence-corrected chi connectivity index (χ4v) is 3.45. The topological polar surface area (TPSA) is 26.3 Å². The van der Waals surface area contributed by atoms with E-state index in [1.54, 1.807) is 7.11 Å². The maximum absolute atomic E-state index is 12.6. The van der Waals surface area contributed by atoms with E-state index in [1.807, 2.05) is 6.07 Å². The van der Waals surface area contributed by atoms with Gasteiger partial charge in [-0.2, -0.15) is 0 Å². The second-order valence-corrected chi connectivity index (χ2v) is 6.55. The van der Waals surface area contributed by atoms with Gasteiger partial charge in [0.25, 0.3) is 0 Å². The second-order valence-electron chi connectivity index (χ2n) is 6.55. The van der Waals surface area contributed by atoms with Crippen molar-refractivity contribution in [1.82, 2.24) is 0 Å². The third-order valence-electron chi connectivity index (χ3n) is 4.80. The predicted molar refractivity (Wildman–Crippen MR) is 83.9 cm³/mol. The molecular weight excluding hydrogens is 247 g/mol. The highest BCUT2D eigenvalue weighted by atomic mass is 16.5. The minimum atomic E-state index is 0.287. The average Bonchev–Trinajstić information content (AvgIpc) is 3.24. The van der Waals surface area contributed by atoms with Gasteiger partial charge >= 0.3 is 0 Å². The van der Waals surface area contributed by atoms with E-state index in [4.69, 9.17) is 4.74 Å². The molecule has 1 fully saturated rings. The average molecular weight is 270 g/mol. The molecule has 1 aromatic carbocycles. The number of hydrogen-bond donors (Lipinski definition) is 0. The van der Waals surface area contributed by atoms with Crippen LogP contribution in [-0.2, 0) is 6.42 Å². The Morgan fingerprint density at radius 2 is 1.95 bits per heavy atom. The van der Waals surface area contributed by atoms with Crippen molar-refractivity contribution in [3.63, 3.8) is 0 Å². The number of methoxy groups -OCH3 is 1. The lowest BCUT2D eigenvalue weighted by Gasteiger charge is -2.12. The first-order valence-corrected chi connectivity index (χ1v) is 7.88. The normalized spacial score (nSPS) is 22.2. The second kappa shape index (κ2) is 5.63. The Labute approximate surface area is 122 Å². The molecule has 2 aliphatic rings. The van der Waals surface area contributed by atoms with Crippen LogP contribution in [0.2, 0.25) is 0 Å². The van der Waals surface area contributed by atoms with Gasteiger partial charge in [-0.1, -0.05) is 30.8 Å². The van der Waals surface area contributed by atoms with E-state index in [1.165, 1.54) is 36.7 Å². The van der Waals surface area contributed by atoms with Gasteiger partial charge < -0.3 is 4.74 Å². The molecule has 0 amide bonds. The molecule has 2 aliphatic carbocycles. The number of Topliss-reactive ketones (excluding diaryl/α,β-unsaturated/α-hetero) is 1. The molecular formula is C17H23BO2. The zero-order valence-corrected chi connectivity index (χ0v) is 12.6. The Hall–Kier alpha value is -1.25. The monoisotopic (exact) mass is 270 g/mol. The molecule has 0 saturated heterocycles. The molecule has 1 unspecified atom stereocenters. The van der Waals surface area contributed by atoms with Crippen molar-refractivity contribution in [2.45, 2.75) is 44.9 Å². The molecule has 3 rings (SSSR count). The first-order valence-electron chi connectivity index (χ1n) is 7.88. The van der Waals surface area contributed by atoms with E-state index in [2.05, 4.69) is 13.9 Å². The Balaban J connectivity index is 1.79. The fraction of sp³-hybridized carbons (Fsp3) is 0.588. The minimum absolute atomic E-state index is 0.287. The van der Waals surface area contributed by atoms with Crippen LogP contribution >= 0.6 is 0 Å². The van der Waals surface area contributed by atoms with Gasteiger partial charge in [-0.15, -0.1) is 0 Å². The van der Waals surface area contributed by atoms with Crippen LogP contribution in [0.4, 0.5) is 0 Å². The number of ether oxygens (including phenoxy) is 1. The van der Waals surface area contributed by atoms with E-state index in [-0.39, 0.29) is 5.78 Å². The molecule has 0 aliphatic heterocycles. The smallest absolute Gasteiger partial charge is 0.167 e. The molecule has 2 nitrogen and oxygen atoms in total. The van der Waals surface area contributed by atoms with Crippen LogP contribution in [0.1, 0.15) is 54.4 Å². The third-order valence-corrected chi connectivity index (χ3v) is 4.80. The van der Waals surface area contributed by atoms with Crippen LogP contribution in [0.15, 0.2) is 12.1 Å². The maximum atomic E-state index is 12.6. The molecule has 0 N–H and O–H groups in total. The molecule has 3 heteroatoms. The van der Waals surface area contributed by atoms with E-state index in [0.717, 1.165) is 30.1 Å². The largest absolute Gasteiger partial charge is 0.496 e. The maximum Gasteiger partial charge on any atom is 0.167 e. The number of hydrogen-bond acceptors (Lipinski definition) is 2. The van der Waals surface area contributed by atoms with Gasteiger partial charge in [-0.25, -0.2) is 0 Å². The van der Waals surface area contributed by atoms with Crippen LogP contribution in [0, 0.1) is 11.8 Å². The lowest BCUT2D eigenvalue weighted by atomic mass is 9.89. The fourth-order valence-electron chi connectivity index (χ4n) is 3.45. The third kappa shape index (κ3) is 2.92. The number of rotatable bonds is 4. The molecule has 1 atom stereocenters. The van der Waals surface area contributed by atoms with Gasteiger partial charge in [-0.3, -0.25) is 4.79 Å². The summed E-state index contributed by atoms with van der Waals surface area (Å²) in [6.07, 6.45) is 8.25. The van der Waals surface area contributed by atoms with Crippen molar-refractivity contribution in [2.24, 2.45) is 11.8 Å². The number of aryl methyl sites for hydroxylation is 1. The first-order chi connectivity index (χ1) is 9.67. The number of carbonyl (C=O) groups is 1. The predicted octanol–water partition coefficient (Wildman–Crippen LogP) is 2.28. The van der Waals surface area contributed by atoms with Crippen molar-refractivity contribution in [2.75, 3.05) is 7.11 Å². The van der Waals surface area contributed by atoms with E-state index in [9.17, 15) is 4.79 Å². The summed E-state index contributed by atoms with van der Waals surface area (Å²) < 4.78 is 5.44. The SMILES string of the molecule is Bc1cc2c(c(OC)c1)C(=O)CC(CCC1CC1)CC2. The standard InChI is InChI=1S/C17H23BO2/c1-20-16-10-14(18)9-13-7-6-12(5-4-11-2-3-11)8-15(19)17(13)16/h9-12H,2-8,18H2,1H3. The lowest BCUT2D eigenvalue weighted by Crippen LogP contribution is -2.12. The molecule has 1 saturated carbocycles. The Kier molecular flexibility index (Phi) is 3.86. The van der Waals surface area contributed by atoms with E-state index < -0.39 is 0 Å². The summed E-state index contributed by atoms with van der Waals surface area (Å²) in [4.78, 5) is 12.6. The molecule has 1 aromatic rings. The van der Waals surface area contributed by atoms with Gasteiger partial charge in [-0.05, 0) is 42.7 Å². The summed E-state index contributed by atoms with van der Waals surface area (Å²) >= 11 is 0. The van der Waals surface area contributed by atoms with Crippen molar-refractivity contribution in [1.29, 1.82) is 0 Å². The molecule has 0 aromatic heterocycles. The Morgan fingerprint density at radius 3 is 2.65 bits per heavy atom. The Morgan fingerprint density at radius 1 is 1.20 bits per heavy atom. The van der Waals surface area contributed by atoms with Gasteiger partial charge in [0.2, 0.25) is 0 Å². The van der Waals surface area contributed by atoms with Crippen molar-refractivity contribution in [3.05, 3.63) is 23.3 Å². The van der Waals surface area contributed by atoms with Crippen LogP contribution < -0.4 is 10.2 Å². The quantitative estimate of drug-likeness (QED) is 0.619. The summed E-state index contributed by atoms with van der Waals surface area (Å²) in [6.45, 7) is 0. The highest BCUT2D eigenvalue weighted by Crippen LogP contribution is 2.37. The van der Waals surface area contributed by atoms with E-state index >= 15 is 0 Å². The summed E-state index contributed by atoms with van der Waals surface area (Å²) in [6, 6.07) is 4.15. The number of ketones is 1. The van der Waals surface area contributed by atoms with Crippen molar-refractivity contribution < 1.29 is 9.53 Å². The molecule has 0 bridgehead atoms. The summed E-state index contributed by atoms with van der Waals surface area (Å²) in [5, 5.41) is 0. The minimum Gasteiger partial charge on any atom is -0.496 e. The zero-order chi connectivity index (χ0) is 14.1. The molecule has 0 heterocycles. The molecule has 106 valence electrons. The van der Waals surface area contributed by atoms with Gasteiger partial charge in [0.15, 0.2) is 5.78 Å². The summed E-state index contributed by atoms with van der Waals surface area (Å²) in [7, 11) is 3.74. The van der Waals surface area contributed by atoms with Crippen molar-refractivity contribution in [3.8, 4) is 5.75 Å². The van der Waals surface area contributed by atoms with Crippen molar-refractivity contribution >= 4 is 19.1 Å². The van der Waals surface area contributed by atoms with Crippen LogP contribution in [0.3, 0.4) is 0 Å². The van der Waals surface area contributed by atoms with Crippen LogP contribution in [0.25, 0.3) is 0 Å². The molecule has 0 spiro atoms.